The average Bonchev–Trinajstić information content (AvgIpc) is 2.62. The summed E-state index contributed by atoms with van der Waals surface area (Å²) in [5.41, 5.74) is -0.900. The van der Waals surface area contributed by atoms with Crippen molar-refractivity contribution in [2.75, 3.05) is 34.4 Å². The van der Waals surface area contributed by atoms with E-state index in [4.69, 9.17) is 19.5 Å². The summed E-state index contributed by atoms with van der Waals surface area (Å²) in [5, 5.41) is 19.6. The van der Waals surface area contributed by atoms with Gasteiger partial charge in [0.05, 0.1) is 37.7 Å². The normalized spacial score (nSPS) is 9.68. The average molecular weight is 351 g/mol. The molecule has 0 bridgehead atoms. The van der Waals surface area contributed by atoms with Crippen molar-refractivity contribution in [1.82, 2.24) is 4.90 Å². The molecule has 1 rings (SSSR count). The lowest BCUT2D eigenvalue weighted by Gasteiger charge is -2.15. The second-order valence-electron chi connectivity index (χ2n) is 4.78. The molecule has 0 radical (unpaired) electrons. The number of rotatable bonds is 8. The molecule has 10 heteroatoms. The molecule has 0 aliphatic rings. The third kappa shape index (κ3) is 5.07. The number of ether oxygens (including phenoxy) is 3. The zero-order valence-electron chi connectivity index (χ0n) is 14.0. The van der Waals surface area contributed by atoms with Gasteiger partial charge in [-0.1, -0.05) is 0 Å². The number of nitro benzene ring substituents is 1. The van der Waals surface area contributed by atoms with Crippen molar-refractivity contribution < 1.29 is 28.7 Å². The Hall–Kier alpha value is -3.35. The Labute approximate surface area is 143 Å². The number of benzene rings is 1. The molecule has 1 aromatic carbocycles. The van der Waals surface area contributed by atoms with E-state index in [0.29, 0.717) is 0 Å². The number of carbonyl (C=O) groups excluding carboxylic acids is 2. The fraction of sp³-hybridized carbons (Fsp3) is 0.400. The highest BCUT2D eigenvalue weighted by atomic mass is 16.6. The van der Waals surface area contributed by atoms with Gasteiger partial charge in [-0.05, 0) is 0 Å². The predicted octanol–water partition coefficient (Wildman–Crippen LogP) is 1.14. The largest absolute Gasteiger partial charge is 0.493 e. The Morgan fingerprint density at radius 3 is 2.40 bits per heavy atom. The van der Waals surface area contributed by atoms with Crippen molar-refractivity contribution >= 4 is 17.6 Å². The standard InChI is InChI=1S/C15H17N3O7/c1-17(6-4-5-16)14(19)9-25-15(20)10-7-12(23-2)13(24-3)8-11(10)18(21)22/h7-8H,4,6,9H2,1-3H3. The van der Waals surface area contributed by atoms with Crippen LogP contribution in [0.1, 0.15) is 16.8 Å². The molecule has 0 atom stereocenters. The van der Waals surface area contributed by atoms with Crippen molar-refractivity contribution in [2.45, 2.75) is 6.42 Å². The zero-order valence-corrected chi connectivity index (χ0v) is 14.0. The van der Waals surface area contributed by atoms with E-state index < -0.39 is 29.1 Å². The van der Waals surface area contributed by atoms with Gasteiger partial charge in [0.1, 0.15) is 5.56 Å². The maximum absolute atomic E-state index is 12.1. The van der Waals surface area contributed by atoms with Gasteiger partial charge in [0.15, 0.2) is 18.1 Å². The second-order valence-corrected chi connectivity index (χ2v) is 4.78. The van der Waals surface area contributed by atoms with Crippen LogP contribution in [0.15, 0.2) is 12.1 Å². The van der Waals surface area contributed by atoms with Crippen molar-refractivity contribution in [3.63, 3.8) is 0 Å². The number of nitriles is 1. The fourth-order valence-electron chi connectivity index (χ4n) is 1.84. The molecular weight excluding hydrogens is 334 g/mol. The van der Waals surface area contributed by atoms with E-state index in [0.717, 1.165) is 12.1 Å². The Balaban J connectivity index is 2.95. The topological polar surface area (TPSA) is 132 Å². The highest BCUT2D eigenvalue weighted by Gasteiger charge is 2.26. The molecule has 25 heavy (non-hydrogen) atoms. The monoisotopic (exact) mass is 351 g/mol. The van der Waals surface area contributed by atoms with Crippen molar-refractivity contribution in [3.8, 4) is 17.6 Å². The molecular formula is C15H17N3O7. The molecule has 0 saturated carbocycles. The van der Waals surface area contributed by atoms with Crippen molar-refractivity contribution in [1.29, 1.82) is 5.26 Å². The van der Waals surface area contributed by atoms with Crippen molar-refractivity contribution in [2.24, 2.45) is 0 Å². The van der Waals surface area contributed by atoms with Gasteiger partial charge in [0, 0.05) is 19.7 Å². The third-order valence-electron chi connectivity index (χ3n) is 3.23. The summed E-state index contributed by atoms with van der Waals surface area (Å²) >= 11 is 0. The summed E-state index contributed by atoms with van der Waals surface area (Å²) in [6.45, 7) is -0.421. The van der Waals surface area contributed by atoms with Crippen LogP contribution in [0.3, 0.4) is 0 Å². The summed E-state index contributed by atoms with van der Waals surface area (Å²) in [6, 6.07) is 4.04. The first-order valence-electron chi connectivity index (χ1n) is 7.04. The summed E-state index contributed by atoms with van der Waals surface area (Å²) in [4.78, 5) is 35.5. The van der Waals surface area contributed by atoms with Crippen LogP contribution in [0.4, 0.5) is 5.69 Å². The number of esters is 1. The second kappa shape index (κ2) is 9.07. The van der Waals surface area contributed by atoms with E-state index in [-0.39, 0.29) is 30.0 Å². The molecule has 0 aliphatic carbocycles. The molecule has 10 nitrogen and oxygen atoms in total. The maximum Gasteiger partial charge on any atom is 0.345 e. The summed E-state index contributed by atoms with van der Waals surface area (Å²) in [7, 11) is 4.06. The Bertz CT molecular complexity index is 712. The number of hydrogen-bond acceptors (Lipinski definition) is 8. The molecule has 0 aliphatic heterocycles. The van der Waals surface area contributed by atoms with Gasteiger partial charge in [0.2, 0.25) is 0 Å². The van der Waals surface area contributed by atoms with E-state index >= 15 is 0 Å². The highest BCUT2D eigenvalue weighted by molar-refractivity contribution is 5.96. The van der Waals surface area contributed by atoms with E-state index in [1.54, 1.807) is 0 Å². The Kier molecular flexibility index (Phi) is 7.15. The number of methoxy groups -OCH3 is 2. The molecule has 0 aromatic heterocycles. The Morgan fingerprint density at radius 1 is 1.28 bits per heavy atom. The van der Waals surface area contributed by atoms with Crippen LogP contribution >= 0.6 is 0 Å². The number of amides is 1. The first kappa shape index (κ1) is 19.7. The quantitative estimate of drug-likeness (QED) is 0.387. The molecule has 0 N–H and O–H groups in total. The molecule has 0 heterocycles. The van der Waals surface area contributed by atoms with Gasteiger partial charge < -0.3 is 19.1 Å². The van der Waals surface area contributed by atoms with E-state index in [9.17, 15) is 19.7 Å². The number of carbonyl (C=O) groups is 2. The van der Waals surface area contributed by atoms with Crippen LogP contribution in [0.5, 0.6) is 11.5 Å². The van der Waals surface area contributed by atoms with Gasteiger partial charge in [0.25, 0.3) is 11.6 Å². The zero-order chi connectivity index (χ0) is 19.0. The Morgan fingerprint density at radius 2 is 1.88 bits per heavy atom. The number of nitrogens with zero attached hydrogens (tertiary/aromatic N) is 3. The van der Waals surface area contributed by atoms with Crippen LogP contribution in [0, 0.1) is 21.4 Å². The molecule has 0 saturated heterocycles. The first-order valence-corrected chi connectivity index (χ1v) is 7.04. The van der Waals surface area contributed by atoms with Crippen LogP contribution < -0.4 is 9.47 Å². The van der Waals surface area contributed by atoms with E-state index in [1.807, 2.05) is 6.07 Å². The summed E-state index contributed by atoms with van der Waals surface area (Å²) < 4.78 is 14.8. The first-order chi connectivity index (χ1) is 11.8. The van der Waals surface area contributed by atoms with Gasteiger partial charge in [-0.2, -0.15) is 5.26 Å². The van der Waals surface area contributed by atoms with Crippen LogP contribution in [-0.2, 0) is 9.53 Å². The predicted molar refractivity (Wildman–Crippen MR) is 84.3 cm³/mol. The number of likely N-dealkylation sites (N-methyl/N-ethyl adjacent to an activating group) is 1. The van der Waals surface area contributed by atoms with Gasteiger partial charge >= 0.3 is 5.97 Å². The molecule has 0 unspecified atom stereocenters. The lowest BCUT2D eigenvalue weighted by molar-refractivity contribution is -0.385. The minimum atomic E-state index is -1.05. The lowest BCUT2D eigenvalue weighted by Crippen LogP contribution is -2.32. The van der Waals surface area contributed by atoms with Gasteiger partial charge in [-0.25, -0.2) is 4.79 Å². The molecule has 1 aromatic rings. The van der Waals surface area contributed by atoms with Crippen molar-refractivity contribution in [3.05, 3.63) is 27.8 Å². The molecule has 134 valence electrons. The van der Waals surface area contributed by atoms with Crippen LogP contribution in [0.2, 0.25) is 0 Å². The highest BCUT2D eigenvalue weighted by Crippen LogP contribution is 2.34. The number of nitro groups is 1. The molecule has 0 fully saturated rings. The molecule has 1 amide bonds. The third-order valence-corrected chi connectivity index (χ3v) is 3.23. The SMILES string of the molecule is COc1cc(C(=O)OCC(=O)N(C)CCC#N)c([N+](=O)[O-])cc1OC. The van der Waals surface area contributed by atoms with Crippen LogP contribution in [-0.4, -0.2) is 56.1 Å². The minimum Gasteiger partial charge on any atom is -0.493 e. The van der Waals surface area contributed by atoms with Gasteiger partial charge in [-0.3, -0.25) is 14.9 Å². The minimum absolute atomic E-state index is 0.0815. The lowest BCUT2D eigenvalue weighted by atomic mass is 10.1. The number of hydrogen-bond donors (Lipinski definition) is 0. The van der Waals surface area contributed by atoms with Gasteiger partial charge in [-0.15, -0.1) is 0 Å². The molecule has 0 spiro atoms. The van der Waals surface area contributed by atoms with E-state index in [2.05, 4.69) is 0 Å². The van der Waals surface area contributed by atoms with Crippen LogP contribution in [0.25, 0.3) is 0 Å². The fourth-order valence-corrected chi connectivity index (χ4v) is 1.84. The van der Waals surface area contributed by atoms with E-state index in [1.165, 1.54) is 26.2 Å². The smallest absolute Gasteiger partial charge is 0.345 e. The maximum atomic E-state index is 12.1. The summed E-state index contributed by atoms with van der Waals surface area (Å²) in [6.07, 6.45) is 0.136. The summed E-state index contributed by atoms with van der Waals surface area (Å²) in [5.74, 6) is -1.39.